The fourth-order valence-corrected chi connectivity index (χ4v) is 2.02. The van der Waals surface area contributed by atoms with Crippen molar-refractivity contribution in [1.82, 2.24) is 0 Å². The molecule has 0 aromatic carbocycles. The Morgan fingerprint density at radius 2 is 2.25 bits per heavy atom. The number of hydrogen-bond acceptors (Lipinski definition) is 3. The second-order valence-electron chi connectivity index (χ2n) is 2.94. The Morgan fingerprint density at radius 1 is 1.67 bits per heavy atom. The van der Waals surface area contributed by atoms with Crippen LogP contribution in [0.5, 0.6) is 0 Å². The Kier molecular flexibility index (Phi) is 7.09. The summed E-state index contributed by atoms with van der Waals surface area (Å²) >= 11 is -1.96. The summed E-state index contributed by atoms with van der Waals surface area (Å²) < 4.78 is 25.7. The van der Waals surface area contributed by atoms with Crippen molar-refractivity contribution >= 4 is 11.1 Å². The van der Waals surface area contributed by atoms with Gasteiger partial charge in [0.25, 0.3) is 0 Å². The summed E-state index contributed by atoms with van der Waals surface area (Å²) in [5.74, 6) is 0.638. The first-order valence-corrected chi connectivity index (χ1v) is 5.07. The van der Waals surface area contributed by atoms with Crippen LogP contribution in [-0.2, 0) is 15.8 Å². The minimum absolute atomic E-state index is 0. The summed E-state index contributed by atoms with van der Waals surface area (Å²) in [7, 11) is 1.58. The summed E-state index contributed by atoms with van der Waals surface area (Å²) in [6.07, 6.45) is 3.39. The van der Waals surface area contributed by atoms with E-state index in [1.165, 1.54) is 6.42 Å². The average Bonchev–Trinajstić information content (AvgIpc) is 1.81. The van der Waals surface area contributed by atoms with Gasteiger partial charge in [-0.2, -0.15) is 0 Å². The van der Waals surface area contributed by atoms with Crippen LogP contribution >= 0.6 is 0 Å². The number of ether oxygens (including phenoxy) is 1. The van der Waals surface area contributed by atoms with Gasteiger partial charge in [0, 0.05) is 12.9 Å². The normalized spacial score (nSPS) is 22.2. The van der Waals surface area contributed by atoms with E-state index in [2.05, 4.69) is 0 Å². The quantitative estimate of drug-likeness (QED) is 0.378. The van der Waals surface area contributed by atoms with Gasteiger partial charge >= 0.3 is 29.6 Å². The summed E-state index contributed by atoms with van der Waals surface area (Å²) in [6.45, 7) is 0. The Labute approximate surface area is 97.8 Å². The molecule has 2 unspecified atom stereocenters. The smallest absolute Gasteiger partial charge is 0.772 e. The van der Waals surface area contributed by atoms with Gasteiger partial charge in [-0.1, -0.05) is 17.5 Å². The first-order valence-electron chi connectivity index (χ1n) is 3.82. The zero-order chi connectivity index (χ0) is 8.27. The molecule has 0 spiro atoms. The third kappa shape index (κ3) is 3.85. The van der Waals surface area contributed by atoms with Gasteiger partial charge in [-0.05, 0) is 18.8 Å². The van der Waals surface area contributed by atoms with E-state index in [4.69, 9.17) is 4.74 Å². The van der Waals surface area contributed by atoms with Crippen LogP contribution in [0.15, 0.2) is 0 Å². The summed E-state index contributed by atoms with van der Waals surface area (Å²) in [4.78, 5) is 0. The first-order chi connectivity index (χ1) is 5.24. The van der Waals surface area contributed by atoms with Crippen molar-refractivity contribution in [3.05, 3.63) is 0 Å². The zero-order valence-corrected chi connectivity index (χ0v) is 10.4. The predicted octanol–water partition coefficient (Wildman–Crippen LogP) is -2.32. The molecule has 0 bridgehead atoms. The predicted molar refractivity (Wildman–Crippen MR) is 41.9 cm³/mol. The standard InChI is InChI=1S/C7H14O3S.Na/c1-10-7(5-11(8)9)6-3-2-4-6;/h6-7H,2-5H2,1H3,(H,8,9);/q;+1/p-1. The molecule has 1 aliphatic rings. The van der Waals surface area contributed by atoms with Gasteiger partial charge in [-0.15, -0.1) is 0 Å². The van der Waals surface area contributed by atoms with Crippen molar-refractivity contribution in [2.24, 2.45) is 5.92 Å². The van der Waals surface area contributed by atoms with Gasteiger partial charge in [0.15, 0.2) is 0 Å². The Morgan fingerprint density at radius 3 is 2.50 bits per heavy atom. The van der Waals surface area contributed by atoms with Crippen LogP contribution in [0.25, 0.3) is 0 Å². The van der Waals surface area contributed by atoms with Crippen molar-refractivity contribution in [3.8, 4) is 0 Å². The third-order valence-electron chi connectivity index (χ3n) is 2.28. The van der Waals surface area contributed by atoms with Crippen LogP contribution < -0.4 is 29.6 Å². The van der Waals surface area contributed by atoms with Crippen molar-refractivity contribution in [2.75, 3.05) is 12.9 Å². The van der Waals surface area contributed by atoms with Crippen molar-refractivity contribution < 1.29 is 43.1 Å². The van der Waals surface area contributed by atoms with Gasteiger partial charge in [0.2, 0.25) is 0 Å². The van der Waals surface area contributed by atoms with E-state index in [9.17, 15) is 8.76 Å². The molecule has 1 saturated carbocycles. The summed E-state index contributed by atoms with van der Waals surface area (Å²) in [5.41, 5.74) is 0. The average molecular weight is 200 g/mol. The Bertz CT molecular complexity index is 150. The van der Waals surface area contributed by atoms with Crippen molar-refractivity contribution in [2.45, 2.75) is 25.4 Å². The maximum absolute atomic E-state index is 10.3. The maximum atomic E-state index is 10.3. The molecule has 5 heteroatoms. The molecule has 0 heterocycles. The zero-order valence-electron chi connectivity index (χ0n) is 7.62. The van der Waals surface area contributed by atoms with Crippen LogP contribution in [0, 0.1) is 5.92 Å². The largest absolute Gasteiger partial charge is 1.00 e. The van der Waals surface area contributed by atoms with E-state index in [1.54, 1.807) is 7.11 Å². The molecule has 66 valence electrons. The van der Waals surface area contributed by atoms with E-state index in [1.807, 2.05) is 0 Å². The van der Waals surface area contributed by atoms with Gasteiger partial charge in [-0.25, -0.2) is 0 Å². The number of hydrogen-bond donors (Lipinski definition) is 0. The topological polar surface area (TPSA) is 49.4 Å². The fourth-order valence-electron chi connectivity index (χ4n) is 1.34. The van der Waals surface area contributed by atoms with Gasteiger partial charge < -0.3 is 9.29 Å². The second kappa shape index (κ2) is 6.51. The number of rotatable bonds is 4. The van der Waals surface area contributed by atoms with E-state index in [-0.39, 0.29) is 41.4 Å². The van der Waals surface area contributed by atoms with Crippen LogP contribution in [0.2, 0.25) is 0 Å². The molecule has 0 saturated heterocycles. The van der Waals surface area contributed by atoms with E-state index in [0.717, 1.165) is 12.8 Å². The molecule has 2 atom stereocenters. The molecule has 1 aliphatic carbocycles. The van der Waals surface area contributed by atoms with Crippen LogP contribution in [0.1, 0.15) is 19.3 Å². The van der Waals surface area contributed by atoms with Crippen molar-refractivity contribution in [3.63, 3.8) is 0 Å². The molecule has 0 N–H and O–H groups in total. The van der Waals surface area contributed by atoms with Gasteiger partial charge in [0.05, 0.1) is 6.10 Å². The number of methoxy groups -OCH3 is 1. The van der Waals surface area contributed by atoms with E-state index >= 15 is 0 Å². The molecule has 1 fully saturated rings. The molecule has 0 amide bonds. The van der Waals surface area contributed by atoms with Crippen LogP contribution in [-0.4, -0.2) is 27.7 Å². The molecule has 0 aromatic heterocycles. The van der Waals surface area contributed by atoms with E-state index < -0.39 is 11.1 Å². The van der Waals surface area contributed by atoms with Crippen LogP contribution in [0.3, 0.4) is 0 Å². The molecule has 1 rings (SSSR count). The van der Waals surface area contributed by atoms with Crippen molar-refractivity contribution in [1.29, 1.82) is 0 Å². The minimum Gasteiger partial charge on any atom is -0.772 e. The molecular weight excluding hydrogens is 187 g/mol. The van der Waals surface area contributed by atoms with Gasteiger partial charge in [0.1, 0.15) is 0 Å². The second-order valence-corrected chi connectivity index (χ2v) is 3.88. The molecule has 0 aromatic rings. The minimum atomic E-state index is -1.96. The van der Waals surface area contributed by atoms with Gasteiger partial charge in [-0.3, -0.25) is 4.21 Å². The summed E-state index contributed by atoms with van der Waals surface area (Å²) in [5, 5.41) is 0. The first kappa shape index (κ1) is 13.1. The molecule has 0 radical (unpaired) electrons. The molecular formula is C7H13NaO3S. The SMILES string of the molecule is COC(CS(=O)[O-])C1CCC1.[Na+]. The Balaban J connectivity index is 0.00000121. The monoisotopic (exact) mass is 200 g/mol. The molecule has 12 heavy (non-hydrogen) atoms. The molecule has 0 aliphatic heterocycles. The molecule has 3 nitrogen and oxygen atoms in total. The van der Waals surface area contributed by atoms with Crippen LogP contribution in [0.4, 0.5) is 0 Å². The fraction of sp³-hybridized carbons (Fsp3) is 1.00. The Hall–Kier alpha value is 1.07. The third-order valence-corrected chi connectivity index (χ3v) is 2.88. The summed E-state index contributed by atoms with van der Waals surface area (Å²) in [6, 6.07) is 0. The van der Waals surface area contributed by atoms with E-state index in [0.29, 0.717) is 5.92 Å². The maximum Gasteiger partial charge on any atom is 1.00 e.